The highest BCUT2D eigenvalue weighted by atomic mass is 19.1. The highest BCUT2D eigenvalue weighted by Crippen LogP contribution is 2.28. The summed E-state index contributed by atoms with van der Waals surface area (Å²) in [5.74, 6) is -1.12. The molecule has 0 unspecified atom stereocenters. The van der Waals surface area contributed by atoms with E-state index >= 15 is 0 Å². The number of ether oxygens (including phenoxy) is 2. The second kappa shape index (κ2) is 10.9. The standard InChI is InChI=1S/C27H22FN3O4/c1-34-25-14-18(12-13-24(25)35-27(33)20-8-4-9-21(28)15-20)16-30-31-26(32)17-29-23-11-5-7-19-6-2-3-10-22(19)23/h2-16,29H,17H2,1H3,(H,31,32)/b30-16+. The van der Waals surface area contributed by atoms with Crippen LogP contribution in [-0.4, -0.2) is 31.7 Å². The summed E-state index contributed by atoms with van der Waals surface area (Å²) >= 11 is 0. The first kappa shape index (κ1) is 23.4. The lowest BCUT2D eigenvalue weighted by Gasteiger charge is -2.10. The van der Waals surface area contributed by atoms with Crippen LogP contribution in [0, 0.1) is 5.82 Å². The molecule has 0 saturated carbocycles. The van der Waals surface area contributed by atoms with Gasteiger partial charge in [-0.3, -0.25) is 4.79 Å². The molecule has 0 radical (unpaired) electrons. The smallest absolute Gasteiger partial charge is 0.343 e. The summed E-state index contributed by atoms with van der Waals surface area (Å²) in [6.07, 6.45) is 1.44. The molecule has 0 atom stereocenters. The molecule has 7 nitrogen and oxygen atoms in total. The summed E-state index contributed by atoms with van der Waals surface area (Å²) in [6, 6.07) is 23.7. The Morgan fingerprint density at radius 1 is 0.943 bits per heavy atom. The molecule has 0 aliphatic heterocycles. The van der Waals surface area contributed by atoms with Crippen molar-refractivity contribution in [3.63, 3.8) is 0 Å². The van der Waals surface area contributed by atoms with Crippen LogP contribution in [-0.2, 0) is 4.79 Å². The van der Waals surface area contributed by atoms with Gasteiger partial charge in [-0.2, -0.15) is 5.10 Å². The minimum atomic E-state index is -0.713. The lowest BCUT2D eigenvalue weighted by atomic mass is 10.1. The number of esters is 1. The minimum absolute atomic E-state index is 0.0453. The van der Waals surface area contributed by atoms with Gasteiger partial charge in [0.2, 0.25) is 0 Å². The van der Waals surface area contributed by atoms with E-state index in [2.05, 4.69) is 15.8 Å². The van der Waals surface area contributed by atoms with Crippen LogP contribution < -0.4 is 20.2 Å². The zero-order chi connectivity index (χ0) is 24.6. The molecular weight excluding hydrogens is 449 g/mol. The fourth-order valence-electron chi connectivity index (χ4n) is 3.40. The monoisotopic (exact) mass is 471 g/mol. The van der Waals surface area contributed by atoms with E-state index < -0.39 is 11.8 Å². The molecule has 0 aliphatic carbocycles. The highest BCUT2D eigenvalue weighted by molar-refractivity contribution is 5.95. The normalized spacial score (nSPS) is 10.8. The van der Waals surface area contributed by atoms with Gasteiger partial charge >= 0.3 is 5.97 Å². The summed E-state index contributed by atoms with van der Waals surface area (Å²) in [5.41, 5.74) is 4.01. The molecular formula is C27H22FN3O4. The molecule has 1 amide bonds. The number of rotatable bonds is 8. The van der Waals surface area contributed by atoms with Gasteiger partial charge in [0.25, 0.3) is 5.91 Å². The number of anilines is 1. The van der Waals surface area contributed by atoms with Crippen LogP contribution in [0.3, 0.4) is 0 Å². The Morgan fingerprint density at radius 2 is 1.74 bits per heavy atom. The molecule has 176 valence electrons. The van der Waals surface area contributed by atoms with Crippen LogP contribution in [0.25, 0.3) is 10.8 Å². The van der Waals surface area contributed by atoms with E-state index in [9.17, 15) is 14.0 Å². The van der Waals surface area contributed by atoms with Gasteiger partial charge in [0, 0.05) is 11.1 Å². The summed E-state index contributed by atoms with van der Waals surface area (Å²) in [6.45, 7) is 0.0453. The van der Waals surface area contributed by atoms with Crippen molar-refractivity contribution in [2.45, 2.75) is 0 Å². The number of carbonyl (C=O) groups is 2. The minimum Gasteiger partial charge on any atom is -0.493 e. The lowest BCUT2D eigenvalue weighted by molar-refractivity contribution is -0.119. The molecule has 4 aromatic carbocycles. The van der Waals surface area contributed by atoms with Gasteiger partial charge in [-0.25, -0.2) is 14.6 Å². The Balaban J connectivity index is 1.34. The SMILES string of the molecule is COc1cc(/C=N/NC(=O)CNc2cccc3ccccc23)ccc1OC(=O)c1cccc(F)c1. The summed E-state index contributed by atoms with van der Waals surface area (Å²) in [4.78, 5) is 24.5. The average molecular weight is 471 g/mol. The van der Waals surface area contributed by atoms with E-state index in [1.807, 2.05) is 42.5 Å². The number of hydrazone groups is 1. The Morgan fingerprint density at radius 3 is 2.57 bits per heavy atom. The second-order valence-corrected chi connectivity index (χ2v) is 7.48. The van der Waals surface area contributed by atoms with E-state index in [-0.39, 0.29) is 29.5 Å². The van der Waals surface area contributed by atoms with Crippen LogP contribution in [0.4, 0.5) is 10.1 Å². The molecule has 35 heavy (non-hydrogen) atoms. The van der Waals surface area contributed by atoms with Crippen molar-refractivity contribution in [1.29, 1.82) is 0 Å². The number of benzene rings is 4. The van der Waals surface area contributed by atoms with E-state index in [1.165, 1.54) is 37.6 Å². The number of halogens is 1. The number of amides is 1. The zero-order valence-electron chi connectivity index (χ0n) is 18.8. The van der Waals surface area contributed by atoms with Crippen molar-refractivity contribution in [3.8, 4) is 11.5 Å². The topological polar surface area (TPSA) is 89.0 Å². The highest BCUT2D eigenvalue weighted by Gasteiger charge is 2.13. The van der Waals surface area contributed by atoms with Crippen LogP contribution in [0.15, 0.2) is 90.0 Å². The predicted molar refractivity (Wildman–Crippen MR) is 133 cm³/mol. The quantitative estimate of drug-likeness (QED) is 0.167. The number of fused-ring (bicyclic) bond motifs is 1. The van der Waals surface area contributed by atoms with E-state index in [0.29, 0.717) is 5.56 Å². The molecule has 0 aliphatic rings. The lowest BCUT2D eigenvalue weighted by Crippen LogP contribution is -2.25. The number of carbonyl (C=O) groups excluding carboxylic acids is 2. The summed E-state index contributed by atoms with van der Waals surface area (Å²) in [7, 11) is 1.43. The molecule has 0 saturated heterocycles. The van der Waals surface area contributed by atoms with Crippen LogP contribution >= 0.6 is 0 Å². The maximum atomic E-state index is 13.4. The van der Waals surface area contributed by atoms with Crippen molar-refractivity contribution in [2.75, 3.05) is 19.0 Å². The summed E-state index contributed by atoms with van der Waals surface area (Å²) < 4.78 is 24.0. The van der Waals surface area contributed by atoms with Gasteiger partial charge in [-0.15, -0.1) is 0 Å². The van der Waals surface area contributed by atoms with E-state index in [0.717, 1.165) is 22.5 Å². The third-order valence-corrected chi connectivity index (χ3v) is 5.08. The molecule has 4 rings (SSSR count). The third-order valence-electron chi connectivity index (χ3n) is 5.08. The Bertz CT molecular complexity index is 1400. The van der Waals surface area contributed by atoms with Gasteiger partial charge in [0.05, 0.1) is 25.4 Å². The molecule has 8 heteroatoms. The first-order valence-electron chi connectivity index (χ1n) is 10.7. The molecule has 0 fully saturated rings. The van der Waals surface area contributed by atoms with Crippen LogP contribution in [0.2, 0.25) is 0 Å². The van der Waals surface area contributed by atoms with Crippen molar-refractivity contribution in [3.05, 3.63) is 102 Å². The number of nitrogens with one attached hydrogen (secondary N) is 2. The molecule has 0 aromatic heterocycles. The third kappa shape index (κ3) is 6.00. The summed E-state index contributed by atoms with van der Waals surface area (Å²) in [5, 5.41) is 9.19. The maximum Gasteiger partial charge on any atom is 0.343 e. The largest absolute Gasteiger partial charge is 0.493 e. The Kier molecular flexibility index (Phi) is 7.32. The number of hydrogen-bond acceptors (Lipinski definition) is 6. The van der Waals surface area contributed by atoms with E-state index in [1.54, 1.807) is 12.1 Å². The molecule has 0 heterocycles. The second-order valence-electron chi connectivity index (χ2n) is 7.48. The van der Waals surface area contributed by atoms with Crippen molar-refractivity contribution in [2.24, 2.45) is 5.10 Å². The van der Waals surface area contributed by atoms with Crippen molar-refractivity contribution in [1.82, 2.24) is 5.43 Å². The van der Waals surface area contributed by atoms with Crippen molar-refractivity contribution >= 4 is 34.6 Å². The Hall–Kier alpha value is -4.72. The number of hydrogen-bond donors (Lipinski definition) is 2. The van der Waals surface area contributed by atoms with Crippen LogP contribution in [0.1, 0.15) is 15.9 Å². The Labute approximate surface area is 201 Å². The number of methoxy groups -OCH3 is 1. The van der Waals surface area contributed by atoms with Crippen molar-refractivity contribution < 1.29 is 23.5 Å². The van der Waals surface area contributed by atoms with Gasteiger partial charge in [-0.1, -0.05) is 42.5 Å². The van der Waals surface area contributed by atoms with Gasteiger partial charge in [0.1, 0.15) is 5.82 Å². The number of nitrogens with zero attached hydrogens (tertiary/aromatic N) is 1. The fraction of sp³-hybridized carbons (Fsp3) is 0.0741. The van der Waals surface area contributed by atoms with Crippen LogP contribution in [0.5, 0.6) is 11.5 Å². The predicted octanol–water partition coefficient (Wildman–Crippen LogP) is 4.77. The van der Waals surface area contributed by atoms with Gasteiger partial charge in [0.15, 0.2) is 11.5 Å². The first-order valence-corrected chi connectivity index (χ1v) is 10.7. The average Bonchev–Trinajstić information content (AvgIpc) is 2.88. The maximum absolute atomic E-state index is 13.4. The zero-order valence-corrected chi connectivity index (χ0v) is 18.8. The molecule has 2 N–H and O–H groups in total. The molecule has 0 bridgehead atoms. The van der Waals surface area contributed by atoms with Gasteiger partial charge in [-0.05, 0) is 53.4 Å². The van der Waals surface area contributed by atoms with E-state index in [4.69, 9.17) is 9.47 Å². The molecule has 4 aromatic rings. The molecule has 0 spiro atoms. The fourth-order valence-corrected chi connectivity index (χ4v) is 3.40. The first-order chi connectivity index (χ1) is 17.0. The van der Waals surface area contributed by atoms with Gasteiger partial charge < -0.3 is 14.8 Å².